The number of hydrogen-bond donors (Lipinski definition) is 0. The van der Waals surface area contributed by atoms with Crippen LogP contribution in [0.1, 0.15) is 58.8 Å². The monoisotopic (exact) mass is 192 g/mol. The molecule has 14 heavy (non-hydrogen) atoms. The average Bonchev–Trinajstić information content (AvgIpc) is 2.19. The first-order chi connectivity index (χ1) is 6.74. The van der Waals surface area contributed by atoms with E-state index in [9.17, 15) is 0 Å². The second kappa shape index (κ2) is 6.06. The summed E-state index contributed by atoms with van der Waals surface area (Å²) in [7, 11) is 0. The molecule has 0 heteroatoms. The van der Waals surface area contributed by atoms with E-state index in [2.05, 4.69) is 26.5 Å². The minimum Gasteiger partial charge on any atom is -0.0998 e. The largest absolute Gasteiger partial charge is 0.0998 e. The molecule has 1 aliphatic rings. The van der Waals surface area contributed by atoms with Crippen LogP contribution in [0.15, 0.2) is 23.8 Å². The molecule has 0 spiro atoms. The number of hydrogen-bond acceptors (Lipinski definition) is 0. The molecule has 0 nitrogen and oxygen atoms in total. The molecule has 0 bridgehead atoms. The highest BCUT2D eigenvalue weighted by molar-refractivity contribution is 5.12. The van der Waals surface area contributed by atoms with Gasteiger partial charge in [-0.2, -0.15) is 0 Å². The topological polar surface area (TPSA) is 0 Å². The third kappa shape index (κ3) is 3.69. The van der Waals surface area contributed by atoms with Gasteiger partial charge in [0.2, 0.25) is 0 Å². The minimum absolute atomic E-state index is 0.745. The van der Waals surface area contributed by atoms with Crippen LogP contribution in [0, 0.1) is 5.92 Å². The van der Waals surface area contributed by atoms with Crippen molar-refractivity contribution in [2.24, 2.45) is 5.92 Å². The second-order valence-electron chi connectivity index (χ2n) is 4.63. The Hall–Kier alpha value is -0.520. The van der Waals surface area contributed by atoms with Crippen LogP contribution in [-0.4, -0.2) is 0 Å². The van der Waals surface area contributed by atoms with Crippen LogP contribution in [0.3, 0.4) is 0 Å². The lowest BCUT2D eigenvalue weighted by Crippen LogP contribution is -2.04. The third-order valence-corrected chi connectivity index (χ3v) is 3.16. The van der Waals surface area contributed by atoms with Crippen LogP contribution in [-0.2, 0) is 0 Å². The fraction of sp³-hybridized carbons (Fsp3) is 0.714. The Kier molecular flexibility index (Phi) is 5.00. The molecule has 0 amide bonds. The molecule has 0 N–H and O–H groups in total. The molecule has 0 aliphatic heterocycles. The van der Waals surface area contributed by atoms with Gasteiger partial charge in [0.15, 0.2) is 0 Å². The van der Waals surface area contributed by atoms with Gasteiger partial charge in [-0.25, -0.2) is 0 Å². The molecule has 0 radical (unpaired) electrons. The zero-order chi connectivity index (χ0) is 10.4. The third-order valence-electron chi connectivity index (χ3n) is 3.16. The summed E-state index contributed by atoms with van der Waals surface area (Å²) in [5.74, 6) is 0.745. The first kappa shape index (κ1) is 11.6. The summed E-state index contributed by atoms with van der Waals surface area (Å²) in [5.41, 5.74) is 3.12. The lowest BCUT2D eigenvalue weighted by atomic mass is 9.86. The van der Waals surface area contributed by atoms with E-state index in [0.717, 1.165) is 5.92 Å². The predicted molar refractivity (Wildman–Crippen MR) is 64.4 cm³/mol. The zero-order valence-corrected chi connectivity index (χ0v) is 9.81. The molecule has 0 aromatic rings. The Morgan fingerprint density at radius 2 is 2.29 bits per heavy atom. The fourth-order valence-electron chi connectivity index (χ4n) is 2.33. The second-order valence-corrected chi connectivity index (χ2v) is 4.63. The van der Waals surface area contributed by atoms with E-state index in [1.165, 1.54) is 50.5 Å². The van der Waals surface area contributed by atoms with Crippen molar-refractivity contribution in [1.29, 1.82) is 0 Å². The standard InChI is InChI=1S/C14H24/c1-4-8-12(2)11-13(3)14-9-6-5-7-10-14/h9,13H,2,4-8,10-11H2,1,3H3. The molecule has 0 heterocycles. The molecule has 1 aliphatic carbocycles. The van der Waals surface area contributed by atoms with Gasteiger partial charge < -0.3 is 0 Å². The summed E-state index contributed by atoms with van der Waals surface area (Å²) >= 11 is 0. The van der Waals surface area contributed by atoms with Crippen LogP contribution < -0.4 is 0 Å². The van der Waals surface area contributed by atoms with Gasteiger partial charge in [0, 0.05) is 0 Å². The van der Waals surface area contributed by atoms with Crippen LogP contribution in [0.4, 0.5) is 0 Å². The van der Waals surface area contributed by atoms with Crippen LogP contribution in [0.25, 0.3) is 0 Å². The highest BCUT2D eigenvalue weighted by Crippen LogP contribution is 2.28. The molecular weight excluding hydrogens is 168 g/mol. The Morgan fingerprint density at radius 1 is 1.50 bits per heavy atom. The van der Waals surface area contributed by atoms with Crippen LogP contribution >= 0.6 is 0 Å². The van der Waals surface area contributed by atoms with Gasteiger partial charge in [-0.15, -0.1) is 0 Å². The van der Waals surface area contributed by atoms with Crippen LogP contribution in [0.2, 0.25) is 0 Å². The van der Waals surface area contributed by atoms with E-state index >= 15 is 0 Å². The van der Waals surface area contributed by atoms with Gasteiger partial charge in [-0.3, -0.25) is 0 Å². The summed E-state index contributed by atoms with van der Waals surface area (Å²) in [6.07, 6.45) is 11.6. The van der Waals surface area contributed by atoms with E-state index in [-0.39, 0.29) is 0 Å². The molecule has 80 valence electrons. The smallest absolute Gasteiger partial charge is 0.0195 e. The van der Waals surface area contributed by atoms with E-state index in [1.807, 2.05) is 0 Å². The van der Waals surface area contributed by atoms with Gasteiger partial charge in [-0.05, 0) is 44.4 Å². The molecule has 0 saturated heterocycles. The zero-order valence-electron chi connectivity index (χ0n) is 9.81. The maximum atomic E-state index is 4.15. The van der Waals surface area contributed by atoms with Crippen molar-refractivity contribution in [3.63, 3.8) is 0 Å². The molecule has 0 aromatic heterocycles. The van der Waals surface area contributed by atoms with E-state index < -0.39 is 0 Å². The minimum atomic E-state index is 0.745. The first-order valence-electron chi connectivity index (χ1n) is 6.09. The Labute approximate surface area is 89.1 Å². The lowest BCUT2D eigenvalue weighted by molar-refractivity contribution is 0.574. The summed E-state index contributed by atoms with van der Waals surface area (Å²) in [5, 5.41) is 0. The van der Waals surface area contributed by atoms with Gasteiger partial charge in [0.05, 0.1) is 0 Å². The number of rotatable bonds is 5. The molecule has 1 rings (SSSR count). The maximum absolute atomic E-state index is 4.15. The highest BCUT2D eigenvalue weighted by Gasteiger charge is 2.12. The van der Waals surface area contributed by atoms with E-state index in [0.29, 0.717) is 0 Å². The van der Waals surface area contributed by atoms with E-state index in [1.54, 1.807) is 5.57 Å². The summed E-state index contributed by atoms with van der Waals surface area (Å²) < 4.78 is 0. The van der Waals surface area contributed by atoms with Crippen molar-refractivity contribution in [3.05, 3.63) is 23.8 Å². The molecule has 0 saturated carbocycles. The fourth-order valence-corrected chi connectivity index (χ4v) is 2.33. The van der Waals surface area contributed by atoms with Crippen molar-refractivity contribution in [1.82, 2.24) is 0 Å². The molecule has 1 atom stereocenters. The SMILES string of the molecule is C=C(CCC)CC(C)C1=CCCCC1. The van der Waals surface area contributed by atoms with E-state index in [4.69, 9.17) is 0 Å². The molecule has 0 aromatic carbocycles. The van der Waals surface area contributed by atoms with Crippen molar-refractivity contribution in [2.75, 3.05) is 0 Å². The van der Waals surface area contributed by atoms with Crippen LogP contribution in [0.5, 0.6) is 0 Å². The molecule has 1 unspecified atom stereocenters. The maximum Gasteiger partial charge on any atom is -0.0195 e. The highest BCUT2D eigenvalue weighted by atomic mass is 14.2. The molecular formula is C14H24. The van der Waals surface area contributed by atoms with Gasteiger partial charge in [-0.1, -0.05) is 44.1 Å². The normalized spacial score (nSPS) is 18.9. The Balaban J connectivity index is 2.36. The van der Waals surface area contributed by atoms with Crippen molar-refractivity contribution in [3.8, 4) is 0 Å². The Bertz CT molecular complexity index is 210. The quantitative estimate of drug-likeness (QED) is 0.545. The van der Waals surface area contributed by atoms with Crippen molar-refractivity contribution < 1.29 is 0 Å². The van der Waals surface area contributed by atoms with Gasteiger partial charge in [0.25, 0.3) is 0 Å². The lowest BCUT2D eigenvalue weighted by Gasteiger charge is -2.20. The van der Waals surface area contributed by atoms with Crippen molar-refractivity contribution in [2.45, 2.75) is 58.8 Å². The summed E-state index contributed by atoms with van der Waals surface area (Å²) in [4.78, 5) is 0. The van der Waals surface area contributed by atoms with Crippen molar-refractivity contribution >= 4 is 0 Å². The van der Waals surface area contributed by atoms with Gasteiger partial charge in [0.1, 0.15) is 0 Å². The summed E-state index contributed by atoms with van der Waals surface area (Å²) in [6, 6.07) is 0. The summed E-state index contributed by atoms with van der Waals surface area (Å²) in [6.45, 7) is 8.74. The number of allylic oxidation sites excluding steroid dienone is 3. The average molecular weight is 192 g/mol. The van der Waals surface area contributed by atoms with Gasteiger partial charge >= 0.3 is 0 Å². The predicted octanol–water partition coefficient (Wildman–Crippen LogP) is 4.87. The Morgan fingerprint density at radius 3 is 2.86 bits per heavy atom. The first-order valence-corrected chi connectivity index (χ1v) is 6.09. The molecule has 0 fully saturated rings.